The molecule has 0 aliphatic carbocycles. The first-order valence-corrected chi connectivity index (χ1v) is 1.95. The Hall–Kier alpha value is -0.133. The van der Waals surface area contributed by atoms with Crippen molar-refractivity contribution in [3.63, 3.8) is 0 Å². The van der Waals surface area contributed by atoms with Gasteiger partial charge in [0.05, 0.1) is 0 Å². The summed E-state index contributed by atoms with van der Waals surface area (Å²) >= 11 is 0. The van der Waals surface area contributed by atoms with Crippen LogP contribution in [0.1, 0.15) is 0 Å². The normalized spacial score (nSPS) is 4.00. The van der Waals surface area contributed by atoms with Gasteiger partial charge in [0.2, 0.25) is 0 Å². The Morgan fingerprint density at radius 1 is 1.33 bits per heavy atom. The van der Waals surface area contributed by atoms with Gasteiger partial charge >= 0.3 is 9.17 Å². The molecule has 40 valence electrons. The maximum Gasteiger partial charge on any atom is 0.761 e. The lowest BCUT2D eigenvalue weighted by molar-refractivity contribution is 0.330. The third-order valence-corrected chi connectivity index (χ3v) is 0. The van der Waals surface area contributed by atoms with Gasteiger partial charge in [0.25, 0.3) is 0 Å². The van der Waals surface area contributed by atoms with E-state index in [2.05, 4.69) is 0 Å². The minimum absolute atomic E-state index is 0. The van der Waals surface area contributed by atoms with E-state index in [-0.39, 0.29) is 17.9 Å². The smallest absolute Gasteiger partial charge is 0.511 e. The van der Waals surface area contributed by atoms with Crippen LogP contribution in [0.2, 0.25) is 0 Å². The second-order valence-electron chi connectivity index (χ2n) is 0.283. The number of halogens is 1. The fourth-order valence-corrected chi connectivity index (χ4v) is 0. The third kappa shape index (κ3) is 1790. The highest BCUT2D eigenvalue weighted by atomic mass is 35.5. The average molecular weight is 133 g/mol. The van der Waals surface area contributed by atoms with Crippen LogP contribution in [0.15, 0.2) is 0 Å². The van der Waals surface area contributed by atoms with Crippen LogP contribution in [0.25, 0.3) is 0 Å². The van der Waals surface area contributed by atoms with E-state index >= 15 is 0 Å². The molecule has 0 aromatic rings. The highest BCUT2D eigenvalue weighted by Crippen LogP contribution is 1.27. The molecule has 0 atom stereocenters. The Kier molecular flexibility index (Phi) is 25.0. The monoisotopic (exact) mass is 132 g/mol. The van der Waals surface area contributed by atoms with Gasteiger partial charge in [0, 0.05) is 0 Å². The molecule has 0 aromatic carbocycles. The highest BCUT2D eigenvalue weighted by Gasteiger charge is 1.85. The molecule has 0 bridgehead atoms. The zero-order chi connectivity index (χ0) is 3.58. The van der Waals surface area contributed by atoms with Gasteiger partial charge in [-0.05, 0) is 0 Å². The summed E-state index contributed by atoms with van der Waals surface area (Å²) in [6.07, 6.45) is 0. The molecule has 4 N–H and O–H groups in total. The van der Waals surface area contributed by atoms with Crippen molar-refractivity contribution in [1.29, 1.82) is 0 Å². The highest BCUT2D eigenvalue weighted by molar-refractivity contribution is 6.22. The fraction of sp³-hybridized carbons (Fsp3) is 0. The molecular weight excluding hydrogens is 128 g/mol. The zero-order valence-electron chi connectivity index (χ0n) is 2.71. The molecule has 0 aromatic heterocycles. The largest absolute Gasteiger partial charge is 0.761 e. The molecular formula is H5ClO4Si. The van der Waals surface area contributed by atoms with Crippen molar-refractivity contribution in [3.05, 3.63) is 0 Å². The van der Waals surface area contributed by atoms with E-state index in [0.717, 1.165) is 0 Å². The lowest BCUT2D eigenvalue weighted by Crippen LogP contribution is -1.90. The van der Waals surface area contributed by atoms with Crippen molar-refractivity contribution in [3.8, 4) is 0 Å². The minimum atomic E-state index is -3.13. The van der Waals surface area contributed by atoms with Crippen molar-refractivity contribution in [1.82, 2.24) is 0 Å². The van der Waals surface area contributed by atoms with Gasteiger partial charge in [-0.25, -0.2) is 0 Å². The van der Waals surface area contributed by atoms with E-state index in [1.165, 1.54) is 0 Å². The summed E-state index contributed by atoms with van der Waals surface area (Å²) in [4.78, 5) is 14.3. The van der Waals surface area contributed by atoms with E-state index in [1.807, 2.05) is 0 Å². The predicted octanol–water partition coefficient (Wildman–Crippen LogP) is -2.02. The van der Waals surface area contributed by atoms with E-state index in [1.54, 1.807) is 0 Å². The van der Waals surface area contributed by atoms with Crippen LogP contribution in [-0.2, 0) is 4.46 Å². The molecule has 6 heavy (non-hydrogen) atoms. The summed E-state index contributed by atoms with van der Waals surface area (Å²) in [5, 5.41) is 0. The summed E-state index contributed by atoms with van der Waals surface area (Å²) in [6.45, 7) is 0. The van der Waals surface area contributed by atoms with Crippen molar-refractivity contribution >= 4 is 21.6 Å². The number of hydrogen-bond acceptors (Lipinski definition) is 1. The molecule has 0 aliphatic heterocycles. The fourth-order valence-electron chi connectivity index (χ4n) is 0. The predicted molar refractivity (Wildman–Crippen MR) is 21.7 cm³/mol. The van der Waals surface area contributed by atoms with Gasteiger partial charge in [0.15, 0.2) is 0 Å². The second-order valence-corrected chi connectivity index (χ2v) is 0.848. The van der Waals surface area contributed by atoms with Gasteiger partial charge in [-0.1, -0.05) is 0 Å². The standard InChI is InChI=1S/ClH.H2O3Si.H2O/c;1-4(2)3;/h1H;1-2H;1H2. The van der Waals surface area contributed by atoms with E-state index < -0.39 is 9.17 Å². The molecule has 0 spiro atoms. The van der Waals surface area contributed by atoms with Crippen LogP contribution in [0.5, 0.6) is 0 Å². The number of rotatable bonds is 0. The zero-order valence-corrected chi connectivity index (χ0v) is 4.53. The minimum Gasteiger partial charge on any atom is -0.511 e. The van der Waals surface area contributed by atoms with Gasteiger partial charge < -0.3 is 15.1 Å². The molecule has 0 heterocycles. The Labute approximate surface area is 42.0 Å². The molecule has 0 rings (SSSR count). The number of hydrogen-bond donors (Lipinski definition) is 2. The first-order chi connectivity index (χ1) is 1.73. The van der Waals surface area contributed by atoms with E-state index in [4.69, 9.17) is 14.1 Å². The first-order valence-electron chi connectivity index (χ1n) is 0.651. The summed E-state index contributed by atoms with van der Waals surface area (Å²) in [6, 6.07) is 0. The summed E-state index contributed by atoms with van der Waals surface area (Å²) in [5.41, 5.74) is 0. The SMILES string of the molecule is Cl.O.O=[Si](O)O. The molecule has 0 unspecified atom stereocenters. The first kappa shape index (κ1) is 16.9. The molecule has 6 heteroatoms. The third-order valence-electron chi connectivity index (χ3n) is 0. The average Bonchev–Trinajstić information content (AvgIpc) is 0.811. The Morgan fingerprint density at radius 3 is 1.33 bits per heavy atom. The lowest BCUT2D eigenvalue weighted by Gasteiger charge is -1.55. The van der Waals surface area contributed by atoms with Gasteiger partial charge in [-0.2, -0.15) is 0 Å². The van der Waals surface area contributed by atoms with Crippen LogP contribution in [0, 0.1) is 0 Å². The van der Waals surface area contributed by atoms with Crippen LogP contribution < -0.4 is 0 Å². The van der Waals surface area contributed by atoms with Crippen molar-refractivity contribution in [2.45, 2.75) is 0 Å². The van der Waals surface area contributed by atoms with Crippen molar-refractivity contribution < 1.29 is 19.5 Å². The Morgan fingerprint density at radius 2 is 1.33 bits per heavy atom. The van der Waals surface area contributed by atoms with Crippen LogP contribution >= 0.6 is 12.4 Å². The Balaban J connectivity index is -0.0000000450. The molecule has 0 saturated carbocycles. The van der Waals surface area contributed by atoms with Gasteiger partial charge in [-0.3, -0.25) is 4.46 Å². The lowest BCUT2D eigenvalue weighted by atomic mass is 15.8. The molecule has 0 saturated heterocycles. The molecule has 0 radical (unpaired) electrons. The molecule has 0 fully saturated rings. The maximum absolute atomic E-state index is 8.74. The van der Waals surface area contributed by atoms with Gasteiger partial charge in [0.1, 0.15) is 0 Å². The van der Waals surface area contributed by atoms with Crippen LogP contribution in [0.4, 0.5) is 0 Å². The van der Waals surface area contributed by atoms with Gasteiger partial charge in [-0.15, -0.1) is 12.4 Å². The Bertz CT molecular complexity index is 30.5. The van der Waals surface area contributed by atoms with E-state index in [0.29, 0.717) is 0 Å². The van der Waals surface area contributed by atoms with Crippen LogP contribution in [0.3, 0.4) is 0 Å². The van der Waals surface area contributed by atoms with Crippen molar-refractivity contribution in [2.75, 3.05) is 0 Å². The maximum atomic E-state index is 8.74. The molecule has 4 nitrogen and oxygen atoms in total. The van der Waals surface area contributed by atoms with E-state index in [9.17, 15) is 0 Å². The quantitative estimate of drug-likeness (QED) is 0.373. The summed E-state index contributed by atoms with van der Waals surface area (Å²) < 4.78 is 8.74. The molecule has 0 amide bonds. The summed E-state index contributed by atoms with van der Waals surface area (Å²) in [5.74, 6) is 0. The van der Waals surface area contributed by atoms with Crippen LogP contribution in [-0.4, -0.2) is 24.2 Å². The second kappa shape index (κ2) is 8.85. The topological polar surface area (TPSA) is 89.0 Å². The molecule has 0 aliphatic rings. The summed E-state index contributed by atoms with van der Waals surface area (Å²) in [7, 11) is -3.13. The van der Waals surface area contributed by atoms with Crippen molar-refractivity contribution in [2.24, 2.45) is 0 Å².